The van der Waals surface area contributed by atoms with Crippen molar-refractivity contribution in [3.63, 3.8) is 0 Å². The Morgan fingerprint density at radius 3 is 2.68 bits per heavy atom. The molecule has 4 rings (SSSR count). The lowest BCUT2D eigenvalue weighted by atomic mass is 10.0. The van der Waals surface area contributed by atoms with Crippen LogP contribution in [0, 0.1) is 6.92 Å². The summed E-state index contributed by atoms with van der Waals surface area (Å²) in [5.74, 6) is 0.0877. The van der Waals surface area contributed by atoms with Crippen molar-refractivity contribution in [2.24, 2.45) is 0 Å². The van der Waals surface area contributed by atoms with Crippen LogP contribution in [0.5, 0.6) is 0 Å². The molecule has 0 atom stereocenters. The van der Waals surface area contributed by atoms with Crippen molar-refractivity contribution < 1.29 is 4.79 Å². The van der Waals surface area contributed by atoms with E-state index in [9.17, 15) is 9.59 Å². The van der Waals surface area contributed by atoms with Crippen LogP contribution in [0.2, 0.25) is 5.02 Å². The molecule has 0 fully saturated rings. The SMILES string of the molecule is Cc1sc2ncn(CC(=O)Nc3ccccn3)c(=O)c2c1-c1ccc(Cl)cc1. The molecular weight excluding hydrogens is 396 g/mol. The maximum Gasteiger partial charge on any atom is 0.263 e. The number of hydrogen-bond acceptors (Lipinski definition) is 5. The molecule has 0 aliphatic carbocycles. The molecule has 1 amide bonds. The van der Waals surface area contributed by atoms with Crippen LogP contribution in [-0.2, 0) is 11.3 Å². The molecule has 0 aliphatic heterocycles. The van der Waals surface area contributed by atoms with Crippen LogP contribution in [0.4, 0.5) is 5.82 Å². The number of fused-ring (bicyclic) bond motifs is 1. The van der Waals surface area contributed by atoms with Crippen molar-refractivity contribution in [3.8, 4) is 11.1 Å². The van der Waals surface area contributed by atoms with Crippen LogP contribution in [-0.4, -0.2) is 20.4 Å². The Kier molecular flexibility index (Phi) is 4.93. The van der Waals surface area contributed by atoms with Crippen molar-refractivity contribution in [2.45, 2.75) is 13.5 Å². The molecule has 0 aliphatic rings. The molecule has 0 saturated heterocycles. The zero-order valence-electron chi connectivity index (χ0n) is 14.8. The van der Waals surface area contributed by atoms with Gasteiger partial charge in [0.05, 0.1) is 11.7 Å². The van der Waals surface area contributed by atoms with Crippen LogP contribution in [0.15, 0.2) is 59.8 Å². The number of nitrogens with one attached hydrogen (secondary N) is 1. The van der Waals surface area contributed by atoms with Gasteiger partial charge < -0.3 is 5.32 Å². The minimum Gasteiger partial charge on any atom is -0.309 e. The highest BCUT2D eigenvalue weighted by Gasteiger charge is 2.18. The summed E-state index contributed by atoms with van der Waals surface area (Å²) >= 11 is 7.44. The number of aromatic nitrogens is 3. The summed E-state index contributed by atoms with van der Waals surface area (Å²) in [6.45, 7) is 1.81. The summed E-state index contributed by atoms with van der Waals surface area (Å²) < 4.78 is 1.31. The van der Waals surface area contributed by atoms with Gasteiger partial charge in [0.25, 0.3) is 5.56 Å². The average molecular weight is 411 g/mol. The Morgan fingerprint density at radius 2 is 1.96 bits per heavy atom. The third-order valence-corrected chi connectivity index (χ3v) is 5.50. The lowest BCUT2D eigenvalue weighted by Crippen LogP contribution is -2.28. The number of carbonyl (C=O) groups is 1. The minimum atomic E-state index is -0.345. The van der Waals surface area contributed by atoms with Crippen molar-refractivity contribution in [1.82, 2.24) is 14.5 Å². The van der Waals surface area contributed by atoms with Crippen molar-refractivity contribution in [1.29, 1.82) is 0 Å². The van der Waals surface area contributed by atoms with Crippen LogP contribution in [0.25, 0.3) is 21.3 Å². The molecule has 0 unspecified atom stereocenters. The summed E-state index contributed by atoms with van der Waals surface area (Å²) in [5.41, 5.74) is 1.46. The van der Waals surface area contributed by atoms with Crippen LogP contribution in [0.3, 0.4) is 0 Å². The number of aryl methyl sites for hydroxylation is 1. The van der Waals surface area contributed by atoms with Crippen molar-refractivity contribution >= 4 is 44.9 Å². The van der Waals surface area contributed by atoms with Crippen LogP contribution >= 0.6 is 22.9 Å². The fraction of sp³-hybridized carbons (Fsp3) is 0.100. The molecule has 3 heterocycles. The van der Waals surface area contributed by atoms with Gasteiger partial charge in [-0.25, -0.2) is 9.97 Å². The van der Waals surface area contributed by atoms with E-state index in [1.165, 1.54) is 22.2 Å². The summed E-state index contributed by atoms with van der Waals surface area (Å²) in [6, 6.07) is 12.5. The second-order valence-electron chi connectivity index (χ2n) is 6.16. The van der Waals surface area contributed by atoms with E-state index in [0.29, 0.717) is 21.1 Å². The Hall–Kier alpha value is -3.03. The number of thiophene rings is 1. The van der Waals surface area contributed by atoms with Gasteiger partial charge in [-0.3, -0.25) is 14.2 Å². The normalized spacial score (nSPS) is 10.9. The topological polar surface area (TPSA) is 76.9 Å². The largest absolute Gasteiger partial charge is 0.309 e. The fourth-order valence-corrected chi connectivity index (χ4v) is 4.12. The fourth-order valence-electron chi connectivity index (χ4n) is 2.99. The molecule has 0 spiro atoms. The Labute approximate surface area is 169 Å². The maximum absolute atomic E-state index is 13.1. The number of rotatable bonds is 4. The molecule has 0 bridgehead atoms. The van der Waals surface area contributed by atoms with E-state index in [2.05, 4.69) is 15.3 Å². The lowest BCUT2D eigenvalue weighted by molar-refractivity contribution is -0.116. The van der Waals surface area contributed by atoms with Crippen LogP contribution < -0.4 is 10.9 Å². The summed E-state index contributed by atoms with van der Waals surface area (Å²) in [7, 11) is 0. The first-order valence-electron chi connectivity index (χ1n) is 8.48. The molecule has 28 heavy (non-hydrogen) atoms. The number of halogens is 1. The molecular formula is C20H15ClN4O2S. The second-order valence-corrected chi connectivity index (χ2v) is 7.80. The van der Waals surface area contributed by atoms with Gasteiger partial charge in [0.1, 0.15) is 17.2 Å². The van der Waals surface area contributed by atoms with Gasteiger partial charge in [-0.05, 0) is 36.8 Å². The lowest BCUT2D eigenvalue weighted by Gasteiger charge is -2.07. The van der Waals surface area contributed by atoms with Crippen LogP contribution in [0.1, 0.15) is 4.88 Å². The van der Waals surface area contributed by atoms with Gasteiger partial charge >= 0.3 is 0 Å². The Balaban J connectivity index is 1.72. The van der Waals surface area contributed by atoms with Crippen molar-refractivity contribution in [2.75, 3.05) is 5.32 Å². The smallest absolute Gasteiger partial charge is 0.263 e. The highest BCUT2D eigenvalue weighted by molar-refractivity contribution is 7.19. The number of hydrogen-bond donors (Lipinski definition) is 1. The predicted octanol–water partition coefficient (Wildman–Crippen LogP) is 4.12. The first-order valence-corrected chi connectivity index (χ1v) is 9.68. The van der Waals surface area contributed by atoms with E-state index < -0.39 is 0 Å². The molecule has 140 valence electrons. The molecule has 0 saturated carbocycles. The Morgan fingerprint density at radius 1 is 1.18 bits per heavy atom. The highest BCUT2D eigenvalue weighted by atomic mass is 35.5. The number of nitrogens with zero attached hydrogens (tertiary/aromatic N) is 3. The average Bonchev–Trinajstić information content (AvgIpc) is 3.02. The zero-order valence-corrected chi connectivity index (χ0v) is 16.4. The van der Waals surface area contributed by atoms with E-state index in [1.54, 1.807) is 36.5 Å². The number of benzene rings is 1. The molecule has 6 nitrogen and oxygen atoms in total. The molecule has 1 N–H and O–H groups in total. The zero-order chi connectivity index (χ0) is 19.7. The van der Waals surface area contributed by atoms with Gasteiger partial charge in [-0.2, -0.15) is 0 Å². The summed E-state index contributed by atoms with van der Waals surface area (Å²) in [5, 5.41) is 3.81. The van der Waals surface area contributed by atoms with Gasteiger partial charge in [0.15, 0.2) is 0 Å². The van der Waals surface area contributed by atoms with E-state index in [4.69, 9.17) is 11.6 Å². The third-order valence-electron chi connectivity index (χ3n) is 4.23. The summed E-state index contributed by atoms with van der Waals surface area (Å²) in [4.78, 5) is 35.5. The number of amides is 1. The predicted molar refractivity (Wildman–Crippen MR) is 112 cm³/mol. The Bertz CT molecular complexity index is 1220. The second kappa shape index (κ2) is 7.53. The van der Waals surface area contributed by atoms with E-state index in [0.717, 1.165) is 16.0 Å². The minimum absolute atomic E-state index is 0.146. The maximum atomic E-state index is 13.1. The van der Waals surface area contributed by atoms with E-state index in [-0.39, 0.29) is 18.0 Å². The standard InChI is InChI=1S/C20H15ClN4O2S/c1-12-17(13-5-7-14(21)8-6-13)18-19(28-12)23-11-25(20(18)27)10-16(26)24-15-4-2-3-9-22-15/h2-9,11H,10H2,1H3,(H,22,24,26). The van der Waals surface area contributed by atoms with Gasteiger partial charge in [-0.15, -0.1) is 11.3 Å². The quantitative estimate of drug-likeness (QED) is 0.549. The van der Waals surface area contributed by atoms with Gasteiger partial charge in [-0.1, -0.05) is 29.8 Å². The first kappa shape index (κ1) is 18.3. The molecule has 3 aromatic heterocycles. The third kappa shape index (κ3) is 3.54. The van der Waals surface area contributed by atoms with Gasteiger partial charge in [0, 0.05) is 21.7 Å². The number of carbonyl (C=O) groups excluding carboxylic acids is 1. The molecule has 8 heteroatoms. The van der Waals surface area contributed by atoms with E-state index >= 15 is 0 Å². The number of pyridine rings is 1. The highest BCUT2D eigenvalue weighted by Crippen LogP contribution is 2.35. The molecule has 4 aromatic rings. The monoisotopic (exact) mass is 410 g/mol. The summed E-state index contributed by atoms with van der Waals surface area (Å²) in [6.07, 6.45) is 2.99. The van der Waals surface area contributed by atoms with Gasteiger partial charge in [0.2, 0.25) is 5.91 Å². The first-order chi connectivity index (χ1) is 13.5. The van der Waals surface area contributed by atoms with E-state index in [1.807, 2.05) is 19.1 Å². The van der Waals surface area contributed by atoms with Crippen molar-refractivity contribution in [3.05, 3.63) is 75.2 Å². The molecule has 1 aromatic carbocycles. The molecule has 0 radical (unpaired) electrons. The number of anilines is 1.